The molecule has 1 aliphatic heterocycles. The normalized spacial score (nSPS) is 16.1. The van der Waals surface area contributed by atoms with Gasteiger partial charge in [0.2, 0.25) is 11.8 Å². The minimum absolute atomic E-state index is 0.0674. The summed E-state index contributed by atoms with van der Waals surface area (Å²) in [5.41, 5.74) is 0.594. The Hall–Kier alpha value is -1.91. The summed E-state index contributed by atoms with van der Waals surface area (Å²) >= 11 is 0. The Morgan fingerprint density at radius 1 is 1.27 bits per heavy atom. The lowest BCUT2D eigenvalue weighted by Gasteiger charge is -2.12. The van der Waals surface area contributed by atoms with Crippen molar-refractivity contribution in [1.29, 1.82) is 0 Å². The van der Waals surface area contributed by atoms with Crippen LogP contribution in [0, 0.1) is 0 Å². The molecule has 0 unspecified atom stereocenters. The van der Waals surface area contributed by atoms with Crippen molar-refractivity contribution < 1.29 is 14.7 Å². The first-order chi connectivity index (χ1) is 7.16. The third kappa shape index (κ3) is 1.96. The molecule has 5 heteroatoms. The van der Waals surface area contributed by atoms with Gasteiger partial charge in [0.15, 0.2) is 0 Å². The van der Waals surface area contributed by atoms with Gasteiger partial charge in [-0.2, -0.15) is 0 Å². The summed E-state index contributed by atoms with van der Waals surface area (Å²) in [4.78, 5) is 27.7. The number of carbonyl (C=O) groups excluding carboxylic acids is 2. The van der Waals surface area contributed by atoms with E-state index < -0.39 is 0 Å². The highest BCUT2D eigenvalue weighted by molar-refractivity contribution is 6.01. The fourth-order valence-electron chi connectivity index (χ4n) is 1.47. The minimum Gasteiger partial charge on any atom is -0.506 e. The molecule has 0 spiro atoms. The van der Waals surface area contributed by atoms with E-state index in [0.717, 1.165) is 0 Å². The van der Waals surface area contributed by atoms with Crippen molar-refractivity contribution >= 4 is 11.8 Å². The first kappa shape index (κ1) is 9.64. The number of nitrogens with zero attached hydrogens (tertiary/aromatic N) is 2. The monoisotopic (exact) mass is 206 g/mol. The van der Waals surface area contributed by atoms with Gasteiger partial charge in [0.05, 0.1) is 18.4 Å². The number of likely N-dealkylation sites (tertiary alicyclic amines) is 1. The summed E-state index contributed by atoms with van der Waals surface area (Å²) in [7, 11) is 0. The minimum atomic E-state index is -0.158. The molecule has 0 aliphatic carbocycles. The van der Waals surface area contributed by atoms with Gasteiger partial charge in [-0.15, -0.1) is 0 Å². The van der Waals surface area contributed by atoms with Crippen LogP contribution in [0.4, 0.5) is 0 Å². The van der Waals surface area contributed by atoms with Crippen LogP contribution in [0.1, 0.15) is 18.5 Å². The van der Waals surface area contributed by atoms with Crippen molar-refractivity contribution in [2.45, 2.75) is 19.4 Å². The Balaban J connectivity index is 2.11. The van der Waals surface area contributed by atoms with Crippen molar-refractivity contribution in [3.8, 4) is 5.75 Å². The largest absolute Gasteiger partial charge is 0.506 e. The van der Waals surface area contributed by atoms with Crippen LogP contribution >= 0.6 is 0 Å². The zero-order valence-electron chi connectivity index (χ0n) is 8.01. The average molecular weight is 206 g/mol. The lowest BCUT2D eigenvalue weighted by molar-refractivity contribution is -0.139. The smallest absolute Gasteiger partial charge is 0.230 e. The maximum absolute atomic E-state index is 11.3. The van der Waals surface area contributed by atoms with E-state index in [0.29, 0.717) is 5.69 Å². The molecule has 2 heterocycles. The van der Waals surface area contributed by atoms with E-state index in [-0.39, 0.29) is 37.0 Å². The predicted octanol–water partition coefficient (Wildman–Crippen LogP) is 0.436. The molecule has 1 aromatic rings. The third-order valence-electron chi connectivity index (χ3n) is 2.28. The molecule has 1 fully saturated rings. The van der Waals surface area contributed by atoms with E-state index in [1.165, 1.54) is 17.2 Å². The number of hydrogen-bond acceptors (Lipinski definition) is 4. The van der Waals surface area contributed by atoms with Crippen molar-refractivity contribution in [3.05, 3.63) is 24.0 Å². The van der Waals surface area contributed by atoms with Gasteiger partial charge in [0.25, 0.3) is 0 Å². The molecule has 0 bridgehead atoms. The van der Waals surface area contributed by atoms with E-state index >= 15 is 0 Å². The molecule has 15 heavy (non-hydrogen) atoms. The average Bonchev–Trinajstić information content (AvgIpc) is 2.53. The number of amides is 2. The van der Waals surface area contributed by atoms with Crippen LogP contribution in [0.25, 0.3) is 0 Å². The maximum atomic E-state index is 11.3. The van der Waals surface area contributed by atoms with Crippen LogP contribution in [0.15, 0.2) is 18.3 Å². The topological polar surface area (TPSA) is 70.5 Å². The van der Waals surface area contributed by atoms with Gasteiger partial charge < -0.3 is 5.11 Å². The first-order valence-corrected chi connectivity index (χ1v) is 4.64. The highest BCUT2D eigenvalue weighted by Crippen LogP contribution is 2.15. The summed E-state index contributed by atoms with van der Waals surface area (Å²) in [6, 6.07) is 3.07. The summed E-state index contributed by atoms with van der Waals surface area (Å²) in [6.45, 7) is 0.192. The quantitative estimate of drug-likeness (QED) is 0.712. The van der Waals surface area contributed by atoms with E-state index in [1.807, 2.05) is 0 Å². The van der Waals surface area contributed by atoms with Gasteiger partial charge in [-0.25, -0.2) is 0 Å². The lowest BCUT2D eigenvalue weighted by atomic mass is 10.3. The Labute approximate surface area is 86.3 Å². The molecular formula is C10H10N2O3. The Morgan fingerprint density at radius 2 is 1.93 bits per heavy atom. The molecule has 2 amide bonds. The predicted molar refractivity (Wildman–Crippen MR) is 50.7 cm³/mol. The van der Waals surface area contributed by atoms with Gasteiger partial charge in [0, 0.05) is 12.8 Å². The Bertz CT molecular complexity index is 384. The molecule has 0 radical (unpaired) electrons. The molecule has 0 atom stereocenters. The van der Waals surface area contributed by atoms with E-state index in [4.69, 9.17) is 5.11 Å². The second-order valence-electron chi connectivity index (χ2n) is 3.38. The second-order valence-corrected chi connectivity index (χ2v) is 3.38. The van der Waals surface area contributed by atoms with E-state index in [2.05, 4.69) is 4.98 Å². The van der Waals surface area contributed by atoms with E-state index in [1.54, 1.807) is 6.07 Å². The highest BCUT2D eigenvalue weighted by atomic mass is 16.3. The SMILES string of the molecule is O=C1CCC(=O)N1Cc1ccc(O)cn1. The molecule has 1 aliphatic rings. The lowest BCUT2D eigenvalue weighted by Crippen LogP contribution is -2.28. The van der Waals surface area contributed by atoms with Crippen LogP contribution in [-0.4, -0.2) is 26.8 Å². The van der Waals surface area contributed by atoms with Crippen LogP contribution in [-0.2, 0) is 16.1 Å². The fraction of sp³-hybridized carbons (Fsp3) is 0.300. The summed E-state index contributed by atoms with van der Waals surface area (Å²) in [5, 5.41) is 9.01. The number of pyridine rings is 1. The molecular weight excluding hydrogens is 196 g/mol. The number of hydrogen-bond donors (Lipinski definition) is 1. The Morgan fingerprint density at radius 3 is 2.47 bits per heavy atom. The highest BCUT2D eigenvalue weighted by Gasteiger charge is 2.28. The van der Waals surface area contributed by atoms with Gasteiger partial charge in [-0.3, -0.25) is 19.5 Å². The number of imide groups is 1. The number of carbonyl (C=O) groups is 2. The Kier molecular flexibility index (Phi) is 2.37. The van der Waals surface area contributed by atoms with Crippen molar-refractivity contribution in [2.24, 2.45) is 0 Å². The standard InChI is InChI=1S/C10H10N2O3/c13-8-2-1-7(11-5-8)6-12-9(14)3-4-10(12)15/h1-2,5,13H,3-4,6H2. The number of aromatic hydroxyl groups is 1. The summed E-state index contributed by atoms with van der Waals surface area (Å²) in [5.74, 6) is -0.248. The second kappa shape index (κ2) is 3.68. The molecule has 0 saturated carbocycles. The molecule has 0 aromatic carbocycles. The molecule has 2 rings (SSSR count). The van der Waals surface area contributed by atoms with Gasteiger partial charge in [-0.1, -0.05) is 0 Å². The van der Waals surface area contributed by atoms with Crippen LogP contribution in [0.3, 0.4) is 0 Å². The van der Waals surface area contributed by atoms with Crippen LogP contribution in [0.2, 0.25) is 0 Å². The van der Waals surface area contributed by atoms with E-state index in [9.17, 15) is 9.59 Å². The van der Waals surface area contributed by atoms with Gasteiger partial charge >= 0.3 is 0 Å². The molecule has 1 saturated heterocycles. The van der Waals surface area contributed by atoms with Crippen molar-refractivity contribution in [3.63, 3.8) is 0 Å². The maximum Gasteiger partial charge on any atom is 0.230 e. The zero-order valence-corrected chi connectivity index (χ0v) is 8.01. The molecule has 1 aromatic heterocycles. The number of aromatic nitrogens is 1. The fourth-order valence-corrected chi connectivity index (χ4v) is 1.47. The third-order valence-corrected chi connectivity index (χ3v) is 2.28. The van der Waals surface area contributed by atoms with Crippen molar-refractivity contribution in [2.75, 3.05) is 0 Å². The molecule has 1 N–H and O–H groups in total. The van der Waals surface area contributed by atoms with Crippen molar-refractivity contribution in [1.82, 2.24) is 9.88 Å². The van der Waals surface area contributed by atoms with Gasteiger partial charge in [0.1, 0.15) is 5.75 Å². The zero-order chi connectivity index (χ0) is 10.8. The van der Waals surface area contributed by atoms with Crippen LogP contribution in [0.5, 0.6) is 5.75 Å². The molecule has 78 valence electrons. The summed E-state index contributed by atoms with van der Waals surface area (Å²) < 4.78 is 0. The first-order valence-electron chi connectivity index (χ1n) is 4.64. The number of rotatable bonds is 2. The summed E-state index contributed by atoms with van der Waals surface area (Å²) in [6.07, 6.45) is 1.87. The molecule has 5 nitrogen and oxygen atoms in total. The van der Waals surface area contributed by atoms with Crippen LogP contribution < -0.4 is 0 Å². The van der Waals surface area contributed by atoms with Gasteiger partial charge in [-0.05, 0) is 12.1 Å².